The van der Waals surface area contributed by atoms with E-state index in [2.05, 4.69) is 0 Å². The van der Waals surface area contributed by atoms with Crippen molar-refractivity contribution in [1.82, 2.24) is 0 Å². The number of carbonyl (C=O) groups is 1. The number of aliphatic hydroxyl groups is 4. The van der Waals surface area contributed by atoms with E-state index in [1.54, 1.807) is 0 Å². The molecular formula is C13H14O9. The first kappa shape index (κ1) is 15.0. The summed E-state index contributed by atoms with van der Waals surface area (Å²) in [6.45, 7) is -0.643. The Kier molecular flexibility index (Phi) is 3.46. The normalized spacial score (nSPS) is 36.5. The fourth-order valence-electron chi connectivity index (χ4n) is 2.41. The third-order valence-corrected chi connectivity index (χ3v) is 3.61. The molecule has 0 bridgehead atoms. The first-order chi connectivity index (χ1) is 10.4. The van der Waals surface area contributed by atoms with Crippen LogP contribution in [0, 0.1) is 0 Å². The number of ether oxygens (including phenoxy) is 3. The molecule has 0 aromatic heterocycles. The number of fused-ring (bicyclic) bond motifs is 1. The van der Waals surface area contributed by atoms with E-state index in [1.165, 1.54) is 18.2 Å². The van der Waals surface area contributed by atoms with Gasteiger partial charge >= 0.3 is 11.9 Å². The van der Waals surface area contributed by atoms with E-state index in [0.717, 1.165) is 0 Å². The molecule has 1 aromatic rings. The second kappa shape index (κ2) is 5.07. The van der Waals surface area contributed by atoms with Crippen LogP contribution in [0.4, 0.5) is 0 Å². The molecule has 1 spiro atoms. The van der Waals surface area contributed by atoms with Gasteiger partial charge in [0.2, 0.25) is 0 Å². The van der Waals surface area contributed by atoms with Gasteiger partial charge in [0.1, 0.15) is 18.3 Å². The zero-order valence-electron chi connectivity index (χ0n) is 11.1. The molecule has 5 atom stereocenters. The lowest BCUT2D eigenvalue weighted by molar-refractivity contribution is -0.397. The molecule has 2 aliphatic rings. The predicted molar refractivity (Wildman–Crippen MR) is 67.4 cm³/mol. The maximum Gasteiger partial charge on any atom is 0.403 e. The second-order valence-corrected chi connectivity index (χ2v) is 5.04. The van der Waals surface area contributed by atoms with Crippen molar-refractivity contribution in [2.24, 2.45) is 0 Å². The van der Waals surface area contributed by atoms with Crippen molar-refractivity contribution in [3.63, 3.8) is 0 Å². The SMILES string of the molecule is O=C(O)c1ccc2c(c1)O[C@@]1(O2)O[C@H](CO)[C@@H](O)[C@H](O)[C@H]1O. The van der Waals surface area contributed by atoms with Crippen LogP contribution in [-0.2, 0) is 4.74 Å². The molecule has 0 saturated carbocycles. The zero-order valence-corrected chi connectivity index (χ0v) is 11.1. The number of rotatable bonds is 2. The van der Waals surface area contributed by atoms with Gasteiger partial charge in [-0.3, -0.25) is 4.74 Å². The van der Waals surface area contributed by atoms with Gasteiger partial charge in [0, 0.05) is 0 Å². The Morgan fingerprint density at radius 3 is 2.45 bits per heavy atom. The fourth-order valence-corrected chi connectivity index (χ4v) is 2.41. The maximum atomic E-state index is 10.9. The Bertz CT molecular complexity index is 601. The van der Waals surface area contributed by atoms with E-state index in [0.29, 0.717) is 0 Å². The smallest absolute Gasteiger partial charge is 0.403 e. The van der Waals surface area contributed by atoms with E-state index in [1.807, 2.05) is 0 Å². The summed E-state index contributed by atoms with van der Waals surface area (Å²) in [7, 11) is 0. The molecule has 0 aliphatic carbocycles. The molecule has 1 aromatic carbocycles. The first-order valence-electron chi connectivity index (χ1n) is 6.46. The van der Waals surface area contributed by atoms with Crippen LogP contribution in [0.2, 0.25) is 0 Å². The zero-order chi connectivity index (χ0) is 16.1. The molecule has 9 nitrogen and oxygen atoms in total. The largest absolute Gasteiger partial charge is 0.478 e. The van der Waals surface area contributed by atoms with Crippen LogP contribution >= 0.6 is 0 Å². The van der Waals surface area contributed by atoms with Crippen molar-refractivity contribution in [3.8, 4) is 11.5 Å². The van der Waals surface area contributed by atoms with Gasteiger partial charge in [-0.25, -0.2) is 4.79 Å². The molecule has 120 valence electrons. The lowest BCUT2D eigenvalue weighted by Crippen LogP contribution is -2.68. The van der Waals surface area contributed by atoms with Gasteiger partial charge in [-0.2, -0.15) is 0 Å². The van der Waals surface area contributed by atoms with Gasteiger partial charge < -0.3 is 35.0 Å². The second-order valence-electron chi connectivity index (χ2n) is 5.04. The lowest BCUT2D eigenvalue weighted by Gasteiger charge is -2.43. The molecule has 2 aliphatic heterocycles. The van der Waals surface area contributed by atoms with Crippen molar-refractivity contribution >= 4 is 5.97 Å². The van der Waals surface area contributed by atoms with Crippen LogP contribution in [0.1, 0.15) is 10.4 Å². The molecule has 22 heavy (non-hydrogen) atoms. The number of hydrogen-bond donors (Lipinski definition) is 5. The van der Waals surface area contributed by atoms with Gasteiger partial charge in [0.05, 0.1) is 12.2 Å². The maximum absolute atomic E-state index is 10.9. The summed E-state index contributed by atoms with van der Waals surface area (Å²) < 4.78 is 16.0. The third kappa shape index (κ3) is 2.11. The quantitative estimate of drug-likeness (QED) is 0.430. The van der Waals surface area contributed by atoms with E-state index in [4.69, 9.17) is 19.3 Å². The van der Waals surface area contributed by atoms with Crippen LogP contribution < -0.4 is 9.47 Å². The van der Waals surface area contributed by atoms with E-state index >= 15 is 0 Å². The highest BCUT2D eigenvalue weighted by Gasteiger charge is 2.60. The molecular weight excluding hydrogens is 300 g/mol. The van der Waals surface area contributed by atoms with Crippen LogP contribution in [0.5, 0.6) is 11.5 Å². The molecule has 0 unspecified atom stereocenters. The number of carboxylic acid groups (broad SMARTS) is 1. The minimum Gasteiger partial charge on any atom is -0.478 e. The Balaban J connectivity index is 1.93. The monoisotopic (exact) mass is 314 g/mol. The summed E-state index contributed by atoms with van der Waals surface area (Å²) in [5.41, 5.74) is -0.0657. The Morgan fingerprint density at radius 1 is 1.14 bits per heavy atom. The lowest BCUT2D eigenvalue weighted by atomic mass is 9.98. The highest BCUT2D eigenvalue weighted by atomic mass is 16.9. The van der Waals surface area contributed by atoms with Crippen molar-refractivity contribution in [2.45, 2.75) is 30.4 Å². The van der Waals surface area contributed by atoms with Gasteiger partial charge in [0.25, 0.3) is 0 Å². The predicted octanol–water partition coefficient (Wildman–Crippen LogP) is -1.72. The molecule has 5 N–H and O–H groups in total. The van der Waals surface area contributed by atoms with Crippen molar-refractivity contribution < 1.29 is 44.5 Å². The molecule has 0 radical (unpaired) electrons. The Hall–Kier alpha value is -1.91. The standard InChI is InChI=1S/C13H14O9/c14-4-8-9(15)10(16)11(17)13(22-8)20-6-2-1-5(12(18)19)3-7(6)21-13/h1-3,8-11,14-17H,4H2,(H,18,19)/t8-,9-,10+,11-,13-/m1/s1. The fraction of sp³-hybridized carbons (Fsp3) is 0.462. The topological polar surface area (TPSA) is 146 Å². The van der Waals surface area contributed by atoms with Crippen LogP contribution in [-0.4, -0.2) is 68.5 Å². The molecule has 2 heterocycles. The minimum atomic E-state index is -2.16. The summed E-state index contributed by atoms with van der Waals surface area (Å²) in [5, 5.41) is 47.8. The number of hydrogen-bond acceptors (Lipinski definition) is 8. The Morgan fingerprint density at radius 2 is 1.82 bits per heavy atom. The van der Waals surface area contributed by atoms with E-state index < -0.39 is 43.0 Å². The average Bonchev–Trinajstić information content (AvgIpc) is 2.87. The average molecular weight is 314 g/mol. The van der Waals surface area contributed by atoms with Crippen LogP contribution in [0.25, 0.3) is 0 Å². The molecule has 9 heteroatoms. The van der Waals surface area contributed by atoms with Crippen molar-refractivity contribution in [3.05, 3.63) is 23.8 Å². The highest BCUT2D eigenvalue weighted by molar-refractivity contribution is 5.88. The van der Waals surface area contributed by atoms with Crippen molar-refractivity contribution in [1.29, 1.82) is 0 Å². The minimum absolute atomic E-state index is 0.000713. The summed E-state index contributed by atoms with van der Waals surface area (Å²) in [6.07, 6.45) is -6.23. The van der Waals surface area contributed by atoms with Crippen LogP contribution in [0.15, 0.2) is 18.2 Å². The number of benzene rings is 1. The summed E-state index contributed by atoms with van der Waals surface area (Å²) in [4.78, 5) is 10.9. The summed E-state index contributed by atoms with van der Waals surface area (Å²) >= 11 is 0. The van der Waals surface area contributed by atoms with Gasteiger partial charge in [0.15, 0.2) is 17.6 Å². The molecule has 3 rings (SSSR count). The van der Waals surface area contributed by atoms with Gasteiger partial charge in [-0.1, -0.05) is 0 Å². The molecule has 1 fully saturated rings. The molecule has 0 amide bonds. The van der Waals surface area contributed by atoms with Crippen LogP contribution in [0.3, 0.4) is 0 Å². The Labute approximate surface area is 123 Å². The summed E-state index contributed by atoms with van der Waals surface area (Å²) in [5.74, 6) is -3.24. The number of aliphatic hydroxyl groups excluding tert-OH is 4. The number of carboxylic acids is 1. The highest BCUT2D eigenvalue weighted by Crippen LogP contribution is 2.45. The first-order valence-corrected chi connectivity index (χ1v) is 6.46. The third-order valence-electron chi connectivity index (χ3n) is 3.61. The van der Waals surface area contributed by atoms with Gasteiger partial charge in [-0.05, 0) is 18.2 Å². The van der Waals surface area contributed by atoms with Gasteiger partial charge in [-0.15, -0.1) is 0 Å². The van der Waals surface area contributed by atoms with E-state index in [9.17, 15) is 25.2 Å². The molecule has 1 saturated heterocycles. The number of aromatic carboxylic acids is 1. The van der Waals surface area contributed by atoms with Crippen molar-refractivity contribution in [2.75, 3.05) is 6.61 Å². The summed E-state index contributed by atoms with van der Waals surface area (Å²) in [6, 6.07) is 3.76. The van der Waals surface area contributed by atoms with E-state index in [-0.39, 0.29) is 17.1 Å².